The molecule has 0 radical (unpaired) electrons. The molecule has 6 nitrogen and oxygen atoms in total. The van der Waals surface area contributed by atoms with E-state index in [0.717, 1.165) is 15.6 Å². The molecule has 3 heterocycles. The first-order valence-corrected chi connectivity index (χ1v) is 9.88. The maximum absolute atomic E-state index is 12.9. The van der Waals surface area contributed by atoms with Gasteiger partial charge in [0.05, 0.1) is 5.69 Å². The minimum atomic E-state index is -0.193. The van der Waals surface area contributed by atoms with E-state index in [1.807, 2.05) is 36.2 Å². The van der Waals surface area contributed by atoms with Gasteiger partial charge in [-0.05, 0) is 24.4 Å². The quantitative estimate of drug-likeness (QED) is 0.598. The first kappa shape index (κ1) is 17.3. The lowest BCUT2D eigenvalue weighted by atomic mass is 10.3. The number of benzene rings is 1. The summed E-state index contributed by atoms with van der Waals surface area (Å²) in [4.78, 5) is 31.8. The summed E-state index contributed by atoms with van der Waals surface area (Å²) in [7, 11) is 7.05. The molecular formula is C17H16N4O2S3. The maximum Gasteiger partial charge on any atom is 0.279 e. The van der Waals surface area contributed by atoms with E-state index in [4.69, 9.17) is 12.2 Å². The summed E-state index contributed by atoms with van der Waals surface area (Å²) in [6, 6.07) is 8.04. The number of nitrogens with zero attached hydrogens (tertiary/aromatic N) is 4. The molecule has 9 heteroatoms. The Hall–Kier alpha value is -2.10. The van der Waals surface area contributed by atoms with Crippen molar-refractivity contribution in [3.63, 3.8) is 0 Å². The Morgan fingerprint density at radius 1 is 0.962 bits per heavy atom. The van der Waals surface area contributed by atoms with Crippen molar-refractivity contribution in [1.82, 2.24) is 14.4 Å². The molecule has 1 fully saturated rings. The molecule has 26 heavy (non-hydrogen) atoms. The molecule has 1 saturated heterocycles. The van der Waals surface area contributed by atoms with E-state index >= 15 is 0 Å². The van der Waals surface area contributed by atoms with Gasteiger partial charge in [-0.15, -0.1) is 11.3 Å². The van der Waals surface area contributed by atoms with Crippen LogP contribution in [0.2, 0.25) is 0 Å². The summed E-state index contributed by atoms with van der Waals surface area (Å²) >= 11 is 8.19. The maximum atomic E-state index is 12.9. The highest BCUT2D eigenvalue weighted by Gasteiger charge is 2.35. The monoisotopic (exact) mass is 404 g/mol. The van der Waals surface area contributed by atoms with Crippen LogP contribution in [-0.4, -0.2) is 46.5 Å². The van der Waals surface area contributed by atoms with E-state index in [9.17, 15) is 9.59 Å². The number of aromatic nitrogens is 1. The summed E-state index contributed by atoms with van der Waals surface area (Å²) < 4.78 is 2.78. The molecule has 1 aromatic heterocycles. The van der Waals surface area contributed by atoms with Gasteiger partial charge in [-0.25, -0.2) is 0 Å². The minimum Gasteiger partial charge on any atom is -0.337 e. The lowest BCUT2D eigenvalue weighted by Gasteiger charge is -2.11. The molecule has 0 N–H and O–H groups in total. The summed E-state index contributed by atoms with van der Waals surface area (Å²) in [5, 5.41) is 1.31. The van der Waals surface area contributed by atoms with Crippen LogP contribution in [0.15, 0.2) is 34.0 Å². The number of thiocarbonyl (C=S) groups is 1. The number of para-hydroxylation sites is 1. The first-order valence-electron chi connectivity index (χ1n) is 7.83. The molecule has 2 aliphatic heterocycles. The number of thiazole rings is 1. The van der Waals surface area contributed by atoms with Gasteiger partial charge in [-0.2, -0.15) is 0 Å². The lowest BCUT2D eigenvalue weighted by molar-refractivity contribution is -0.120. The zero-order valence-corrected chi connectivity index (χ0v) is 17.1. The van der Waals surface area contributed by atoms with Crippen LogP contribution < -0.4 is 19.7 Å². The Kier molecular flexibility index (Phi) is 3.98. The third-order valence-electron chi connectivity index (χ3n) is 4.55. The highest BCUT2D eigenvalue weighted by molar-refractivity contribution is 8.08. The molecular weight excluding hydrogens is 388 g/mol. The first-order chi connectivity index (χ1) is 12.3. The van der Waals surface area contributed by atoms with E-state index in [-0.39, 0.29) is 11.5 Å². The van der Waals surface area contributed by atoms with Gasteiger partial charge >= 0.3 is 0 Å². The van der Waals surface area contributed by atoms with Crippen molar-refractivity contribution in [1.29, 1.82) is 0 Å². The van der Waals surface area contributed by atoms with Gasteiger partial charge in [0.15, 0.2) is 5.11 Å². The minimum absolute atomic E-state index is 0.110. The van der Waals surface area contributed by atoms with E-state index in [1.165, 1.54) is 20.8 Å². The number of carbonyl (C=O) groups excluding carboxylic acids is 1. The topological polar surface area (TPSA) is 48.8 Å². The predicted molar refractivity (Wildman–Crippen MR) is 109 cm³/mol. The van der Waals surface area contributed by atoms with Gasteiger partial charge in [0.25, 0.3) is 11.5 Å². The van der Waals surface area contributed by atoms with Crippen LogP contribution in [-0.2, 0) is 11.8 Å². The molecule has 1 aromatic carbocycles. The number of likely N-dealkylation sites (N-methyl/N-ethyl adjacent to an activating group) is 2. The van der Waals surface area contributed by atoms with Crippen LogP contribution in [0.5, 0.6) is 0 Å². The average Bonchev–Trinajstić information content (AvgIpc) is 3.18. The van der Waals surface area contributed by atoms with Gasteiger partial charge in [-0.1, -0.05) is 23.9 Å². The van der Waals surface area contributed by atoms with Crippen LogP contribution in [0.1, 0.15) is 0 Å². The highest BCUT2D eigenvalue weighted by atomic mass is 32.2. The number of hydrogen-bond acceptors (Lipinski definition) is 6. The van der Waals surface area contributed by atoms with Crippen LogP contribution in [0, 0.1) is 0 Å². The third kappa shape index (κ3) is 2.27. The smallest absolute Gasteiger partial charge is 0.279 e. The van der Waals surface area contributed by atoms with Crippen LogP contribution in [0.25, 0.3) is 10.7 Å². The lowest BCUT2D eigenvalue weighted by Crippen LogP contribution is -2.33. The normalized spacial score (nSPS) is 21.2. The van der Waals surface area contributed by atoms with Gasteiger partial charge in [0, 0.05) is 33.1 Å². The fourth-order valence-corrected chi connectivity index (χ4v) is 5.73. The van der Waals surface area contributed by atoms with Crippen molar-refractivity contribution in [2.75, 3.05) is 26.0 Å². The summed E-state index contributed by atoms with van der Waals surface area (Å²) in [6.07, 6.45) is 0. The molecule has 0 saturated carbocycles. The summed E-state index contributed by atoms with van der Waals surface area (Å²) in [5.74, 6) is -0.193. The van der Waals surface area contributed by atoms with Crippen molar-refractivity contribution >= 4 is 62.7 Å². The number of fused-ring (bicyclic) bond motifs is 1. The Labute approximate surface area is 163 Å². The Morgan fingerprint density at radius 2 is 1.65 bits per heavy atom. The number of amides is 1. The van der Waals surface area contributed by atoms with Crippen LogP contribution >= 0.6 is 35.3 Å². The standard InChI is InChI=1S/C17H16N4O2S3/c1-18-9-7-5-6-8-10(9)25-16(18)12-14(23)20(3)15(26-12)11-13(22)21(4)17(24)19(11)2/h5-8H,1-4H3/b15-11?,16-12-. The molecule has 0 aliphatic carbocycles. The molecule has 0 bridgehead atoms. The number of carbonyl (C=O) groups is 1. The molecule has 0 atom stereocenters. The zero-order valence-electron chi connectivity index (χ0n) is 14.6. The third-order valence-corrected chi connectivity index (χ3v) is 7.70. The van der Waals surface area contributed by atoms with Gasteiger partial charge < -0.3 is 14.4 Å². The fraction of sp³-hybridized carbons (Fsp3) is 0.235. The van der Waals surface area contributed by atoms with E-state index < -0.39 is 0 Å². The average molecular weight is 405 g/mol. The largest absolute Gasteiger partial charge is 0.337 e. The van der Waals surface area contributed by atoms with Crippen LogP contribution in [0.4, 0.5) is 5.69 Å². The van der Waals surface area contributed by atoms with E-state index in [0.29, 0.717) is 20.0 Å². The van der Waals surface area contributed by atoms with Crippen molar-refractivity contribution in [3.05, 3.63) is 43.8 Å². The van der Waals surface area contributed by atoms with Gasteiger partial charge in [0.1, 0.15) is 19.9 Å². The fourth-order valence-electron chi connectivity index (χ4n) is 3.04. The second-order valence-electron chi connectivity index (χ2n) is 6.09. The van der Waals surface area contributed by atoms with Crippen molar-refractivity contribution in [2.45, 2.75) is 4.90 Å². The number of rotatable bonds is 0. The second-order valence-corrected chi connectivity index (χ2v) is 8.48. The molecule has 134 valence electrons. The summed E-state index contributed by atoms with van der Waals surface area (Å²) in [6.45, 7) is 0. The van der Waals surface area contributed by atoms with E-state index in [2.05, 4.69) is 0 Å². The number of hydrogen-bond donors (Lipinski definition) is 0. The molecule has 2 aromatic rings. The van der Waals surface area contributed by atoms with Crippen molar-refractivity contribution in [2.24, 2.45) is 7.05 Å². The van der Waals surface area contributed by atoms with Crippen LogP contribution in [0.3, 0.4) is 0 Å². The second kappa shape index (κ2) is 5.97. The van der Waals surface area contributed by atoms with Crippen molar-refractivity contribution < 1.29 is 4.79 Å². The van der Waals surface area contributed by atoms with Gasteiger partial charge in [-0.3, -0.25) is 14.5 Å². The van der Waals surface area contributed by atoms with Gasteiger partial charge in [0.2, 0.25) is 0 Å². The number of anilines is 1. The molecule has 1 amide bonds. The molecule has 2 aliphatic rings. The summed E-state index contributed by atoms with van der Waals surface area (Å²) in [5.41, 5.74) is 1.41. The zero-order chi connectivity index (χ0) is 18.7. The highest BCUT2D eigenvalue weighted by Crippen LogP contribution is 2.44. The van der Waals surface area contributed by atoms with Crippen molar-refractivity contribution in [3.8, 4) is 0 Å². The Morgan fingerprint density at radius 3 is 2.27 bits per heavy atom. The Bertz CT molecular complexity index is 1150. The SMILES string of the molecule is CN1C(=O)C(=c2s/c(=C3\Sc4ccccc4N3C)c(=O)n2C)N(C)C1=S. The Balaban J connectivity index is 2.01. The molecule has 0 unspecified atom stereocenters. The van der Waals surface area contributed by atoms with E-state index in [1.54, 1.807) is 37.8 Å². The molecule has 0 spiro atoms. The molecule has 4 rings (SSSR count). The predicted octanol–water partition coefficient (Wildman–Crippen LogP) is 0.551. The number of thioether (sulfide) groups is 1.